The predicted octanol–water partition coefficient (Wildman–Crippen LogP) is 4.19. The number of aryl methyl sites for hydroxylation is 1. The maximum atomic E-state index is 12.4. The molecule has 2 atom stereocenters. The number of carbonyl (C=O) groups is 1. The zero-order valence-electron chi connectivity index (χ0n) is 14.9. The molecule has 1 N–H and O–H groups in total. The molecule has 0 saturated carbocycles. The third-order valence-electron chi connectivity index (χ3n) is 4.22. The van der Waals surface area contributed by atoms with Gasteiger partial charge in [0.25, 0.3) is 0 Å². The first-order valence-corrected chi connectivity index (χ1v) is 10.4. The fourth-order valence-electron chi connectivity index (χ4n) is 3.25. The second-order valence-corrected chi connectivity index (χ2v) is 9.10. The van der Waals surface area contributed by atoms with E-state index >= 15 is 0 Å². The average molecular weight is 377 g/mol. The van der Waals surface area contributed by atoms with Gasteiger partial charge < -0.3 is 10.2 Å². The predicted molar refractivity (Wildman–Crippen MR) is 105 cm³/mol. The van der Waals surface area contributed by atoms with Gasteiger partial charge in [-0.25, -0.2) is 0 Å². The van der Waals surface area contributed by atoms with Crippen LogP contribution >= 0.6 is 23.1 Å². The van der Waals surface area contributed by atoms with Gasteiger partial charge in [-0.15, -0.1) is 10.2 Å². The summed E-state index contributed by atoms with van der Waals surface area (Å²) in [4.78, 5) is 14.4. The summed E-state index contributed by atoms with van der Waals surface area (Å²) in [7, 11) is 0. The van der Waals surface area contributed by atoms with Crippen molar-refractivity contribution in [2.75, 3.05) is 24.2 Å². The van der Waals surface area contributed by atoms with Crippen LogP contribution in [0.3, 0.4) is 0 Å². The largest absolute Gasteiger partial charge is 0.341 e. The van der Waals surface area contributed by atoms with E-state index < -0.39 is 0 Å². The minimum Gasteiger partial charge on any atom is -0.341 e. The zero-order valence-corrected chi connectivity index (χ0v) is 16.5. The minimum atomic E-state index is 0.201. The third kappa shape index (κ3) is 5.19. The van der Waals surface area contributed by atoms with Gasteiger partial charge in [-0.2, -0.15) is 0 Å². The van der Waals surface area contributed by atoms with Gasteiger partial charge in [-0.05, 0) is 42.9 Å². The molecule has 5 nitrogen and oxygen atoms in total. The number of nitrogens with zero attached hydrogens (tertiary/aromatic N) is 3. The summed E-state index contributed by atoms with van der Waals surface area (Å²) in [6, 6.07) is 8.13. The molecule has 0 bridgehead atoms. The molecule has 1 saturated heterocycles. The number of hydrogen-bond acceptors (Lipinski definition) is 6. The first-order chi connectivity index (χ1) is 12.0. The molecule has 1 aromatic heterocycles. The Hall–Kier alpha value is -1.60. The van der Waals surface area contributed by atoms with Crippen LogP contribution in [-0.2, 0) is 4.79 Å². The first kappa shape index (κ1) is 18.2. The average Bonchev–Trinajstić information content (AvgIpc) is 2.99. The number of benzene rings is 1. The van der Waals surface area contributed by atoms with Gasteiger partial charge in [0, 0.05) is 18.8 Å². The molecule has 134 valence electrons. The Balaban J connectivity index is 1.52. The summed E-state index contributed by atoms with van der Waals surface area (Å²) < 4.78 is 0.821. The highest BCUT2D eigenvalue weighted by Crippen LogP contribution is 2.29. The Morgan fingerprint density at radius 3 is 2.80 bits per heavy atom. The number of piperidine rings is 1. The molecule has 0 spiro atoms. The van der Waals surface area contributed by atoms with E-state index in [1.165, 1.54) is 35.1 Å². The number of anilines is 2. The molecule has 0 radical (unpaired) electrons. The van der Waals surface area contributed by atoms with Crippen molar-refractivity contribution in [3.63, 3.8) is 0 Å². The smallest absolute Gasteiger partial charge is 0.233 e. The van der Waals surface area contributed by atoms with Crippen LogP contribution < -0.4 is 5.32 Å². The molecule has 1 aromatic carbocycles. The van der Waals surface area contributed by atoms with Crippen molar-refractivity contribution in [3.8, 4) is 0 Å². The van der Waals surface area contributed by atoms with Crippen molar-refractivity contribution in [1.82, 2.24) is 15.1 Å². The molecule has 1 amide bonds. The van der Waals surface area contributed by atoms with E-state index in [0.29, 0.717) is 17.6 Å². The van der Waals surface area contributed by atoms with Gasteiger partial charge in [0.2, 0.25) is 11.0 Å². The highest BCUT2D eigenvalue weighted by molar-refractivity contribution is 8.01. The van der Waals surface area contributed by atoms with E-state index in [1.807, 2.05) is 17.0 Å². The lowest BCUT2D eigenvalue weighted by Gasteiger charge is -2.34. The van der Waals surface area contributed by atoms with Crippen molar-refractivity contribution >= 4 is 39.8 Å². The first-order valence-electron chi connectivity index (χ1n) is 8.57. The topological polar surface area (TPSA) is 58.1 Å². The summed E-state index contributed by atoms with van der Waals surface area (Å²) in [5, 5.41) is 12.4. The molecule has 0 aliphatic carbocycles. The van der Waals surface area contributed by atoms with Crippen molar-refractivity contribution in [2.24, 2.45) is 11.8 Å². The number of carbonyl (C=O) groups excluding carboxylic acids is 1. The van der Waals surface area contributed by atoms with Crippen LogP contribution in [0, 0.1) is 18.8 Å². The fourth-order valence-corrected chi connectivity index (χ4v) is 4.92. The van der Waals surface area contributed by atoms with E-state index in [0.717, 1.165) is 28.2 Å². The van der Waals surface area contributed by atoms with Gasteiger partial charge in [0.1, 0.15) is 0 Å². The Morgan fingerprint density at radius 2 is 2.08 bits per heavy atom. The minimum absolute atomic E-state index is 0.201. The van der Waals surface area contributed by atoms with E-state index in [1.54, 1.807) is 0 Å². The lowest BCUT2D eigenvalue weighted by atomic mass is 9.92. The number of amides is 1. The lowest BCUT2D eigenvalue weighted by Crippen LogP contribution is -2.43. The van der Waals surface area contributed by atoms with Crippen LogP contribution in [0.5, 0.6) is 0 Å². The normalized spacial score (nSPS) is 20.5. The second kappa shape index (κ2) is 8.19. The zero-order chi connectivity index (χ0) is 17.8. The van der Waals surface area contributed by atoms with E-state index in [2.05, 4.69) is 48.4 Å². The van der Waals surface area contributed by atoms with Gasteiger partial charge in [-0.3, -0.25) is 4.79 Å². The number of thioether (sulfide) groups is 1. The molecule has 2 heterocycles. The molecular weight excluding hydrogens is 352 g/mol. The van der Waals surface area contributed by atoms with Crippen LogP contribution in [0.1, 0.15) is 25.8 Å². The number of nitrogens with one attached hydrogen (secondary N) is 1. The van der Waals surface area contributed by atoms with E-state index in [-0.39, 0.29) is 5.91 Å². The van der Waals surface area contributed by atoms with Crippen LogP contribution in [0.15, 0.2) is 28.6 Å². The Morgan fingerprint density at radius 1 is 1.32 bits per heavy atom. The van der Waals surface area contributed by atoms with E-state index in [4.69, 9.17) is 0 Å². The summed E-state index contributed by atoms with van der Waals surface area (Å²) in [5.41, 5.74) is 2.19. The standard InChI is InChI=1S/C18H24N4OS2/c1-12-5-4-6-15(8-12)19-17-20-21-18(25-17)24-11-16(23)22-9-13(2)7-14(3)10-22/h4-6,8,13-14H,7,9-11H2,1-3H3,(H,19,20). The molecule has 1 aliphatic heterocycles. The number of rotatable bonds is 5. The number of aromatic nitrogens is 2. The van der Waals surface area contributed by atoms with Crippen LogP contribution in [0.4, 0.5) is 10.8 Å². The van der Waals surface area contributed by atoms with Crippen molar-refractivity contribution < 1.29 is 4.79 Å². The Bertz CT molecular complexity index is 723. The molecule has 2 aromatic rings. The summed E-state index contributed by atoms with van der Waals surface area (Å²) in [6.07, 6.45) is 1.21. The summed E-state index contributed by atoms with van der Waals surface area (Å²) in [5.74, 6) is 1.80. The Labute approximate surface area is 157 Å². The van der Waals surface area contributed by atoms with Crippen LogP contribution in [-0.4, -0.2) is 39.8 Å². The quantitative estimate of drug-likeness (QED) is 0.793. The Kier molecular flexibility index (Phi) is 5.96. The summed E-state index contributed by atoms with van der Waals surface area (Å²) >= 11 is 2.96. The van der Waals surface area contributed by atoms with Gasteiger partial charge >= 0.3 is 0 Å². The van der Waals surface area contributed by atoms with Crippen molar-refractivity contribution in [2.45, 2.75) is 31.5 Å². The van der Waals surface area contributed by atoms with Gasteiger partial charge in [0.15, 0.2) is 4.34 Å². The van der Waals surface area contributed by atoms with Crippen LogP contribution in [0.2, 0.25) is 0 Å². The van der Waals surface area contributed by atoms with Gasteiger partial charge in [-0.1, -0.05) is 49.1 Å². The fraction of sp³-hybridized carbons (Fsp3) is 0.500. The van der Waals surface area contributed by atoms with Gasteiger partial charge in [0.05, 0.1) is 5.75 Å². The molecule has 3 rings (SSSR count). The highest BCUT2D eigenvalue weighted by atomic mass is 32.2. The molecule has 7 heteroatoms. The molecule has 1 fully saturated rings. The highest BCUT2D eigenvalue weighted by Gasteiger charge is 2.25. The monoisotopic (exact) mass is 376 g/mol. The van der Waals surface area contributed by atoms with Crippen LogP contribution in [0.25, 0.3) is 0 Å². The molecule has 2 unspecified atom stereocenters. The maximum absolute atomic E-state index is 12.4. The number of likely N-dealkylation sites (tertiary alicyclic amines) is 1. The molecule has 1 aliphatic rings. The SMILES string of the molecule is Cc1cccc(Nc2nnc(SCC(=O)N3CC(C)CC(C)C3)s2)c1. The van der Waals surface area contributed by atoms with Crippen molar-refractivity contribution in [3.05, 3.63) is 29.8 Å². The molecule has 25 heavy (non-hydrogen) atoms. The maximum Gasteiger partial charge on any atom is 0.233 e. The summed E-state index contributed by atoms with van der Waals surface area (Å²) in [6.45, 7) is 8.24. The second-order valence-electron chi connectivity index (χ2n) is 6.90. The molecular formula is C18H24N4OS2. The van der Waals surface area contributed by atoms with E-state index in [9.17, 15) is 4.79 Å². The lowest BCUT2D eigenvalue weighted by molar-refractivity contribution is -0.130. The van der Waals surface area contributed by atoms with Crippen molar-refractivity contribution in [1.29, 1.82) is 0 Å². The third-order valence-corrected chi connectivity index (χ3v) is 6.17. The number of hydrogen-bond donors (Lipinski definition) is 1.